The minimum atomic E-state index is -2.65. The highest BCUT2D eigenvalue weighted by atomic mass is 16.5. The van der Waals surface area contributed by atoms with Crippen LogP contribution in [0.5, 0.6) is 5.75 Å². The Bertz CT molecular complexity index is 1330. The third-order valence-electron chi connectivity index (χ3n) is 7.09. The highest BCUT2D eigenvalue weighted by Gasteiger charge is 2.60. The fourth-order valence-electron chi connectivity index (χ4n) is 5.44. The monoisotopic (exact) mass is 513 g/mol. The van der Waals surface area contributed by atoms with E-state index in [0.29, 0.717) is 11.3 Å². The van der Waals surface area contributed by atoms with Crippen LogP contribution in [-0.4, -0.2) is 70.3 Å². The number of nitrogens with two attached hydrogens (primary N) is 1. The molecule has 3 aliphatic carbocycles. The van der Waals surface area contributed by atoms with Gasteiger partial charge in [-0.15, -0.1) is 0 Å². The molecule has 196 valence electrons. The summed E-state index contributed by atoms with van der Waals surface area (Å²) in [5.74, 6) is -7.25. The average Bonchev–Trinajstić information content (AvgIpc) is 2.81. The lowest BCUT2D eigenvalue weighted by molar-refractivity contribution is -0.147. The van der Waals surface area contributed by atoms with E-state index < -0.39 is 70.3 Å². The highest BCUT2D eigenvalue weighted by molar-refractivity contribution is 6.22. The number of aromatic hydroxyl groups is 1. The minimum absolute atomic E-state index is 0.0183. The first-order chi connectivity index (χ1) is 17.3. The van der Waals surface area contributed by atoms with Crippen molar-refractivity contribution in [3.8, 4) is 5.75 Å². The summed E-state index contributed by atoms with van der Waals surface area (Å²) in [6.45, 7) is 3.36. The number of amides is 2. The number of ether oxygens (including phenoxy) is 1. The predicted octanol–water partition coefficient (Wildman–Crippen LogP) is 1.22. The Labute approximate surface area is 211 Å². The molecular weight excluding hydrogens is 486 g/mol. The lowest BCUT2D eigenvalue weighted by Crippen LogP contribution is -2.58. The Morgan fingerprint density at radius 3 is 2.54 bits per heavy atom. The van der Waals surface area contributed by atoms with Crippen LogP contribution in [0.25, 0.3) is 5.76 Å². The topological polar surface area (TPSA) is 200 Å². The van der Waals surface area contributed by atoms with Gasteiger partial charge < -0.3 is 35.8 Å². The number of benzene rings is 1. The maximum atomic E-state index is 13.6. The van der Waals surface area contributed by atoms with E-state index in [1.54, 1.807) is 19.0 Å². The summed E-state index contributed by atoms with van der Waals surface area (Å²) in [7, 11) is 3.42. The Balaban J connectivity index is 1.89. The molecule has 1 fully saturated rings. The summed E-state index contributed by atoms with van der Waals surface area (Å²) >= 11 is 0. The second-order valence-electron chi connectivity index (χ2n) is 9.46. The molecular formula is C25H27N3O9. The van der Waals surface area contributed by atoms with Crippen LogP contribution in [0.15, 0.2) is 35.6 Å². The van der Waals surface area contributed by atoms with Gasteiger partial charge in [-0.1, -0.05) is 12.7 Å². The molecule has 2 amide bonds. The summed E-state index contributed by atoms with van der Waals surface area (Å²) in [5, 5.41) is 46.7. The zero-order valence-electron chi connectivity index (χ0n) is 20.2. The second kappa shape index (κ2) is 8.96. The van der Waals surface area contributed by atoms with Crippen LogP contribution in [-0.2, 0) is 25.5 Å². The number of carbonyl (C=O) groups is 4. The number of hydrogen-bond donors (Lipinski definition) is 6. The molecule has 12 nitrogen and oxygen atoms in total. The number of aliphatic hydroxyl groups excluding tert-OH is 2. The maximum absolute atomic E-state index is 13.6. The molecule has 0 heterocycles. The zero-order chi connectivity index (χ0) is 27.4. The van der Waals surface area contributed by atoms with E-state index in [9.17, 15) is 39.6 Å². The molecule has 37 heavy (non-hydrogen) atoms. The van der Waals surface area contributed by atoms with E-state index in [-0.39, 0.29) is 36.3 Å². The third-order valence-corrected chi connectivity index (χ3v) is 7.09. The van der Waals surface area contributed by atoms with Gasteiger partial charge in [0.2, 0.25) is 5.78 Å². The fourth-order valence-corrected chi connectivity index (χ4v) is 5.44. The minimum Gasteiger partial charge on any atom is -0.508 e. The molecule has 0 aliphatic heterocycles. The van der Waals surface area contributed by atoms with Gasteiger partial charge in [0.1, 0.15) is 23.7 Å². The number of anilines is 2. The summed E-state index contributed by atoms with van der Waals surface area (Å²) in [6, 6.07) is 1.49. The van der Waals surface area contributed by atoms with Crippen LogP contribution < -0.4 is 16.0 Å². The molecule has 12 heteroatoms. The molecule has 0 radical (unpaired) electrons. The number of primary amides is 1. The molecule has 0 spiro atoms. The van der Waals surface area contributed by atoms with Crippen LogP contribution in [0.2, 0.25) is 0 Å². The number of phenolic OH excluding ortho intramolecular Hbond substituents is 1. The number of fused-ring (bicyclic) bond motifs is 3. The summed E-state index contributed by atoms with van der Waals surface area (Å²) in [5.41, 5.74) is 2.15. The normalized spacial score (nSPS) is 24.6. The third kappa shape index (κ3) is 3.80. The predicted molar refractivity (Wildman–Crippen MR) is 131 cm³/mol. The lowest BCUT2D eigenvalue weighted by Gasteiger charge is -2.46. The van der Waals surface area contributed by atoms with Gasteiger partial charge in [-0.25, -0.2) is 4.79 Å². The van der Waals surface area contributed by atoms with Crippen molar-refractivity contribution in [2.24, 2.45) is 17.6 Å². The van der Waals surface area contributed by atoms with Crippen LogP contribution in [0.4, 0.5) is 16.2 Å². The van der Waals surface area contributed by atoms with Crippen molar-refractivity contribution in [3.63, 3.8) is 0 Å². The van der Waals surface area contributed by atoms with Crippen molar-refractivity contribution in [1.29, 1.82) is 0 Å². The smallest absolute Gasteiger partial charge is 0.412 e. The van der Waals surface area contributed by atoms with E-state index in [2.05, 4.69) is 11.9 Å². The molecule has 0 aromatic heterocycles. The second-order valence-corrected chi connectivity index (χ2v) is 9.46. The Morgan fingerprint density at radius 2 is 1.95 bits per heavy atom. The number of phenols is 1. The van der Waals surface area contributed by atoms with Crippen LogP contribution in [0.1, 0.15) is 24.0 Å². The SMILES string of the molecule is C=CCOC(=O)Nc1cc(N(C)C)c2c(c1O)C(O)=C1C(=O)C3(O)C(O)=C(C(N)=O)C(=O)CC3CC1C2. The van der Waals surface area contributed by atoms with Crippen molar-refractivity contribution >= 4 is 40.7 Å². The number of hydrogen-bond acceptors (Lipinski definition) is 10. The van der Waals surface area contributed by atoms with E-state index in [1.807, 2.05) is 0 Å². The molecule has 0 saturated heterocycles. The van der Waals surface area contributed by atoms with Gasteiger partial charge >= 0.3 is 6.09 Å². The van der Waals surface area contributed by atoms with E-state index in [0.717, 1.165) is 0 Å². The van der Waals surface area contributed by atoms with E-state index in [4.69, 9.17) is 10.5 Å². The number of nitrogens with one attached hydrogen (secondary N) is 1. The molecule has 0 bridgehead atoms. The first-order valence-electron chi connectivity index (χ1n) is 11.4. The van der Waals surface area contributed by atoms with Crippen molar-refractivity contribution in [2.45, 2.75) is 24.9 Å². The number of aliphatic hydroxyl groups is 3. The molecule has 3 atom stereocenters. The largest absolute Gasteiger partial charge is 0.508 e. The van der Waals surface area contributed by atoms with E-state index >= 15 is 0 Å². The molecule has 4 rings (SSSR count). The van der Waals surface area contributed by atoms with Crippen molar-refractivity contribution in [3.05, 3.63) is 46.8 Å². The lowest BCUT2D eigenvalue weighted by atomic mass is 9.59. The zero-order valence-corrected chi connectivity index (χ0v) is 20.2. The molecule has 1 aromatic rings. The van der Waals surface area contributed by atoms with E-state index in [1.165, 1.54) is 12.1 Å². The van der Waals surface area contributed by atoms with Gasteiger partial charge in [-0.2, -0.15) is 0 Å². The Kier molecular flexibility index (Phi) is 6.24. The quantitative estimate of drug-likeness (QED) is 0.189. The first kappa shape index (κ1) is 25.8. The molecule has 7 N–H and O–H groups in total. The van der Waals surface area contributed by atoms with Gasteiger partial charge in [0.25, 0.3) is 5.91 Å². The van der Waals surface area contributed by atoms with Gasteiger partial charge in [-0.3, -0.25) is 19.7 Å². The van der Waals surface area contributed by atoms with Crippen LogP contribution in [0, 0.1) is 11.8 Å². The number of nitrogens with zero attached hydrogens (tertiary/aromatic N) is 1. The summed E-state index contributed by atoms with van der Waals surface area (Å²) in [4.78, 5) is 51.6. The molecule has 1 saturated carbocycles. The number of carbonyl (C=O) groups excluding carboxylic acids is 4. The van der Waals surface area contributed by atoms with Gasteiger partial charge in [0.05, 0.1) is 11.3 Å². The number of ketones is 2. The van der Waals surface area contributed by atoms with Gasteiger partial charge in [-0.05, 0) is 30.4 Å². The molecule has 3 aliphatic rings. The highest BCUT2D eigenvalue weighted by Crippen LogP contribution is 2.54. The Hall–Kier alpha value is -4.32. The van der Waals surface area contributed by atoms with Gasteiger partial charge in [0, 0.05) is 37.7 Å². The number of rotatable bonds is 5. The molecule has 1 aromatic carbocycles. The fraction of sp³-hybridized carbons (Fsp3) is 0.360. The Morgan fingerprint density at radius 1 is 1.27 bits per heavy atom. The van der Waals surface area contributed by atoms with Crippen molar-refractivity contribution < 1.29 is 44.3 Å². The first-order valence-corrected chi connectivity index (χ1v) is 11.4. The van der Waals surface area contributed by atoms with Gasteiger partial charge in [0.15, 0.2) is 17.1 Å². The number of Topliss-reactive ketones (excluding diaryl/α,β-unsaturated/α-hetero) is 2. The maximum Gasteiger partial charge on any atom is 0.412 e. The standard InChI is InChI=1S/C25H27N3O9/c1-4-5-37-24(35)27-13-9-14(28(2)3)12-7-10-6-11-8-15(29)18(23(26)34)22(33)25(11,36)21(32)16(10)20(31)17(12)19(13)30/h4,9-11,30-31,33,36H,1,5-8H2,2-3H3,(H2,26,34)(H,27,35). The van der Waals surface area contributed by atoms with Crippen molar-refractivity contribution in [1.82, 2.24) is 0 Å². The summed E-state index contributed by atoms with van der Waals surface area (Å²) in [6.07, 6.45) is 0.213. The van der Waals surface area contributed by atoms with Crippen LogP contribution in [0.3, 0.4) is 0 Å². The van der Waals surface area contributed by atoms with Crippen molar-refractivity contribution in [2.75, 3.05) is 30.9 Å². The summed E-state index contributed by atoms with van der Waals surface area (Å²) < 4.78 is 4.89. The van der Waals surface area contributed by atoms with Crippen LogP contribution >= 0.6 is 0 Å². The molecule has 3 unspecified atom stereocenters. The average molecular weight is 514 g/mol.